The van der Waals surface area contributed by atoms with E-state index >= 15 is 0 Å². The van der Waals surface area contributed by atoms with Gasteiger partial charge in [0.25, 0.3) is 0 Å². The number of nitrogens with zero attached hydrogens (tertiary/aromatic N) is 3. The topological polar surface area (TPSA) is 71.3 Å². The van der Waals surface area contributed by atoms with Crippen LogP contribution in [0, 0.1) is 5.92 Å². The largest absolute Gasteiger partial charge is 0.355 e. The highest BCUT2D eigenvalue weighted by atomic mass is 79.9. The summed E-state index contributed by atoms with van der Waals surface area (Å²) in [5.41, 5.74) is 0.915. The molecule has 29 heavy (non-hydrogen) atoms. The van der Waals surface area contributed by atoms with Gasteiger partial charge in [0.2, 0.25) is 17.6 Å². The molecule has 1 atom stereocenters. The maximum absolute atomic E-state index is 12.5. The lowest BCUT2D eigenvalue weighted by Crippen LogP contribution is -2.43. The number of hydrogen-bond donors (Lipinski definition) is 1. The summed E-state index contributed by atoms with van der Waals surface area (Å²) in [6.07, 6.45) is 1.93. The molecule has 1 aromatic carbocycles. The van der Waals surface area contributed by atoms with Gasteiger partial charge in [-0.1, -0.05) is 54.0 Å². The van der Waals surface area contributed by atoms with Crippen LogP contribution in [0.3, 0.4) is 0 Å². The number of thioether (sulfide) groups is 1. The smallest absolute Gasteiger partial charge is 0.241 e. The third-order valence-corrected chi connectivity index (χ3v) is 6.49. The Bertz CT molecular complexity index is 821. The van der Waals surface area contributed by atoms with Crippen LogP contribution >= 0.6 is 27.7 Å². The molecule has 3 rings (SSSR count). The van der Waals surface area contributed by atoms with E-state index in [4.69, 9.17) is 4.52 Å². The van der Waals surface area contributed by atoms with Crippen LogP contribution in [0.1, 0.15) is 39.5 Å². The molecular weight excluding hydrogens is 452 g/mol. The molecule has 0 radical (unpaired) electrons. The van der Waals surface area contributed by atoms with Gasteiger partial charge in [0.1, 0.15) is 0 Å². The molecule has 1 saturated heterocycles. The molecule has 0 bridgehead atoms. The van der Waals surface area contributed by atoms with Crippen LogP contribution in [0.15, 0.2) is 33.3 Å². The monoisotopic (exact) mass is 480 g/mol. The van der Waals surface area contributed by atoms with Crippen LogP contribution in [0.25, 0.3) is 11.4 Å². The molecule has 8 heteroatoms. The molecule has 0 aliphatic carbocycles. The molecule has 2 heterocycles. The molecule has 1 N–H and O–H groups in total. The number of carbonyl (C=O) groups excluding carboxylic acids is 1. The van der Waals surface area contributed by atoms with Crippen molar-refractivity contribution < 1.29 is 9.32 Å². The quantitative estimate of drug-likeness (QED) is 0.593. The lowest BCUT2D eigenvalue weighted by Gasteiger charge is -2.31. The first-order chi connectivity index (χ1) is 13.8. The van der Waals surface area contributed by atoms with E-state index in [9.17, 15) is 4.79 Å². The van der Waals surface area contributed by atoms with Crippen molar-refractivity contribution in [2.75, 3.05) is 25.4 Å². The predicted octanol–water partition coefficient (Wildman–Crippen LogP) is 4.36. The summed E-state index contributed by atoms with van der Waals surface area (Å²) < 4.78 is 6.65. The zero-order valence-corrected chi connectivity index (χ0v) is 19.7. The summed E-state index contributed by atoms with van der Waals surface area (Å²) in [6, 6.07) is 7.83. The number of halogens is 1. The molecule has 0 spiro atoms. The fourth-order valence-corrected chi connectivity index (χ4v) is 4.56. The van der Waals surface area contributed by atoms with Gasteiger partial charge in [-0.2, -0.15) is 16.7 Å². The van der Waals surface area contributed by atoms with E-state index in [1.807, 2.05) is 36.0 Å². The SMILES string of the molecule is CC(C)(C)SCCNC(=O)C1CCCN(Cc2nc(-c3cccc(Br)c3)no2)C1. The van der Waals surface area contributed by atoms with Crippen LogP contribution in [-0.2, 0) is 11.3 Å². The lowest BCUT2D eigenvalue weighted by atomic mass is 9.97. The Labute approximate surface area is 185 Å². The summed E-state index contributed by atoms with van der Waals surface area (Å²) in [6.45, 7) is 9.54. The first-order valence-corrected chi connectivity index (χ1v) is 11.8. The van der Waals surface area contributed by atoms with Crippen molar-refractivity contribution in [3.8, 4) is 11.4 Å². The minimum atomic E-state index is 0.0239. The van der Waals surface area contributed by atoms with Gasteiger partial charge >= 0.3 is 0 Å². The number of amides is 1. The highest BCUT2D eigenvalue weighted by molar-refractivity contribution is 9.10. The van der Waals surface area contributed by atoms with Crippen LogP contribution in [0.5, 0.6) is 0 Å². The lowest BCUT2D eigenvalue weighted by molar-refractivity contribution is -0.126. The highest BCUT2D eigenvalue weighted by Crippen LogP contribution is 2.23. The Morgan fingerprint density at radius 3 is 3.00 bits per heavy atom. The van der Waals surface area contributed by atoms with E-state index in [-0.39, 0.29) is 16.6 Å². The second-order valence-corrected chi connectivity index (χ2v) is 11.2. The first kappa shape index (κ1) is 22.3. The van der Waals surface area contributed by atoms with Crippen molar-refractivity contribution in [2.24, 2.45) is 5.92 Å². The Hall–Kier alpha value is -1.38. The normalized spacial score (nSPS) is 18.0. The molecule has 1 aliphatic rings. The summed E-state index contributed by atoms with van der Waals surface area (Å²) in [4.78, 5) is 19.3. The first-order valence-electron chi connectivity index (χ1n) is 10.0. The molecule has 1 fully saturated rings. The number of aromatic nitrogens is 2. The van der Waals surface area contributed by atoms with Gasteiger partial charge in [-0.15, -0.1) is 0 Å². The Kier molecular flexibility index (Phi) is 7.76. The van der Waals surface area contributed by atoms with Crippen molar-refractivity contribution >= 4 is 33.6 Å². The van der Waals surface area contributed by atoms with E-state index in [2.05, 4.69) is 57.1 Å². The highest BCUT2D eigenvalue weighted by Gasteiger charge is 2.27. The summed E-state index contributed by atoms with van der Waals surface area (Å²) in [5.74, 6) is 2.29. The maximum Gasteiger partial charge on any atom is 0.241 e. The molecule has 6 nitrogen and oxygen atoms in total. The summed E-state index contributed by atoms with van der Waals surface area (Å²) >= 11 is 5.33. The molecule has 2 aromatic rings. The summed E-state index contributed by atoms with van der Waals surface area (Å²) in [7, 11) is 0. The minimum Gasteiger partial charge on any atom is -0.355 e. The van der Waals surface area contributed by atoms with Gasteiger partial charge in [-0.05, 0) is 31.5 Å². The molecule has 1 aliphatic heterocycles. The van der Waals surface area contributed by atoms with Gasteiger partial charge in [-0.3, -0.25) is 9.69 Å². The van der Waals surface area contributed by atoms with Crippen molar-refractivity contribution in [2.45, 2.75) is 44.9 Å². The number of rotatable bonds is 7. The van der Waals surface area contributed by atoms with Crippen LogP contribution in [0.2, 0.25) is 0 Å². The van der Waals surface area contributed by atoms with Crippen molar-refractivity contribution in [1.82, 2.24) is 20.4 Å². The van der Waals surface area contributed by atoms with Crippen molar-refractivity contribution in [3.05, 3.63) is 34.6 Å². The number of piperidine rings is 1. The second-order valence-electron chi connectivity index (χ2n) is 8.35. The van der Waals surface area contributed by atoms with Crippen molar-refractivity contribution in [1.29, 1.82) is 0 Å². The van der Waals surface area contributed by atoms with Gasteiger partial charge in [-0.25, -0.2) is 0 Å². The third-order valence-electron chi connectivity index (χ3n) is 4.72. The van der Waals surface area contributed by atoms with Crippen LogP contribution in [0.4, 0.5) is 0 Å². The number of hydrogen-bond acceptors (Lipinski definition) is 6. The molecule has 1 amide bonds. The fourth-order valence-electron chi connectivity index (χ4n) is 3.34. The van der Waals surface area contributed by atoms with E-state index in [1.165, 1.54) is 0 Å². The number of carbonyl (C=O) groups is 1. The number of likely N-dealkylation sites (tertiary alicyclic amines) is 1. The zero-order chi connectivity index (χ0) is 20.9. The Balaban J connectivity index is 1.49. The van der Waals surface area contributed by atoms with Gasteiger partial charge in [0.15, 0.2) is 0 Å². The fraction of sp³-hybridized carbons (Fsp3) is 0.571. The second kappa shape index (κ2) is 10.1. The maximum atomic E-state index is 12.5. The zero-order valence-electron chi connectivity index (χ0n) is 17.3. The van der Waals surface area contributed by atoms with Gasteiger partial charge < -0.3 is 9.84 Å². The van der Waals surface area contributed by atoms with Crippen LogP contribution < -0.4 is 5.32 Å². The predicted molar refractivity (Wildman–Crippen MR) is 121 cm³/mol. The van der Waals surface area contributed by atoms with Crippen LogP contribution in [-0.4, -0.2) is 51.1 Å². The Morgan fingerprint density at radius 1 is 1.41 bits per heavy atom. The summed E-state index contributed by atoms with van der Waals surface area (Å²) in [5, 5.41) is 7.20. The average Bonchev–Trinajstić information content (AvgIpc) is 3.13. The average molecular weight is 481 g/mol. The molecule has 1 aromatic heterocycles. The molecule has 0 saturated carbocycles. The molecular formula is C21H29BrN4O2S. The number of nitrogens with one attached hydrogen (secondary N) is 1. The third kappa shape index (κ3) is 7.12. The molecule has 158 valence electrons. The minimum absolute atomic E-state index is 0.0239. The van der Waals surface area contributed by atoms with E-state index in [0.29, 0.717) is 18.3 Å². The van der Waals surface area contributed by atoms with E-state index in [0.717, 1.165) is 48.3 Å². The number of benzene rings is 1. The van der Waals surface area contributed by atoms with E-state index < -0.39 is 0 Å². The van der Waals surface area contributed by atoms with Gasteiger partial charge in [0.05, 0.1) is 12.5 Å². The standard InChI is InChI=1S/C21H29BrN4O2S/c1-21(2,3)29-11-9-23-20(27)16-7-5-10-26(13-16)14-18-24-19(25-28-18)15-6-4-8-17(22)12-15/h4,6,8,12,16H,5,7,9-11,13-14H2,1-3H3,(H,23,27). The van der Waals surface area contributed by atoms with E-state index in [1.54, 1.807) is 0 Å². The molecule has 1 unspecified atom stereocenters. The van der Waals surface area contributed by atoms with Gasteiger partial charge in [0, 0.05) is 33.6 Å². The van der Waals surface area contributed by atoms with Crippen molar-refractivity contribution in [3.63, 3.8) is 0 Å². The Morgan fingerprint density at radius 2 is 2.24 bits per heavy atom.